The Labute approximate surface area is 159 Å². The molecule has 2 aromatic rings. The minimum absolute atomic E-state index is 0.383. The van der Waals surface area contributed by atoms with Crippen LogP contribution in [-0.4, -0.2) is 24.1 Å². The van der Waals surface area contributed by atoms with Crippen LogP contribution in [0.25, 0.3) is 0 Å². The van der Waals surface area contributed by atoms with Crippen molar-refractivity contribution in [1.29, 1.82) is 0 Å². The third kappa shape index (κ3) is 3.57. The van der Waals surface area contributed by atoms with Gasteiger partial charge in [-0.3, -0.25) is 19.9 Å². The van der Waals surface area contributed by atoms with Crippen molar-refractivity contribution in [3.8, 4) is 0 Å². The number of amides is 4. The first-order valence-electron chi connectivity index (χ1n) is 7.92. The lowest BCUT2D eigenvalue weighted by atomic mass is 10.1. The number of aryl methyl sites for hydroxylation is 2. The van der Waals surface area contributed by atoms with E-state index < -0.39 is 23.8 Å². The first kappa shape index (κ1) is 18.0. The van der Waals surface area contributed by atoms with E-state index in [9.17, 15) is 14.4 Å². The van der Waals surface area contributed by atoms with Gasteiger partial charge in [-0.15, -0.1) is 0 Å². The van der Waals surface area contributed by atoms with Crippen LogP contribution in [0.5, 0.6) is 0 Å². The minimum atomic E-state index is -1.17. The maximum atomic E-state index is 12.7. The number of nitrogens with zero attached hydrogens (tertiary/aromatic N) is 2. The fraction of sp³-hybridized carbons (Fsp3) is 0.158. The molecule has 0 bridgehead atoms. The van der Waals surface area contributed by atoms with E-state index in [0.29, 0.717) is 11.4 Å². The number of carbonyl (C=O) groups excluding carboxylic acids is 3. The highest BCUT2D eigenvalue weighted by molar-refractivity contribution is 9.10. The van der Waals surface area contributed by atoms with Crippen molar-refractivity contribution >= 4 is 51.4 Å². The highest BCUT2D eigenvalue weighted by Crippen LogP contribution is 2.24. The normalized spacial score (nSPS) is 17.7. The van der Waals surface area contributed by atoms with Crippen LogP contribution in [0.3, 0.4) is 0 Å². The second-order valence-corrected chi connectivity index (χ2v) is 6.91. The highest BCUT2D eigenvalue weighted by atomic mass is 79.9. The molecule has 1 aliphatic heterocycles. The van der Waals surface area contributed by atoms with E-state index in [-0.39, 0.29) is 0 Å². The summed E-state index contributed by atoms with van der Waals surface area (Å²) < 4.78 is 0.815. The van der Waals surface area contributed by atoms with Gasteiger partial charge in [-0.1, -0.05) is 33.6 Å². The fourth-order valence-electron chi connectivity index (χ4n) is 2.66. The van der Waals surface area contributed by atoms with E-state index in [1.807, 2.05) is 32.0 Å². The molecule has 1 aliphatic rings. The van der Waals surface area contributed by atoms with Crippen LogP contribution < -0.4 is 10.2 Å². The van der Waals surface area contributed by atoms with Gasteiger partial charge in [-0.2, -0.15) is 0 Å². The van der Waals surface area contributed by atoms with Crippen LogP contribution in [0.4, 0.5) is 16.2 Å². The summed E-state index contributed by atoms with van der Waals surface area (Å²) in [4.78, 5) is 42.2. The number of rotatable bonds is 3. The number of imide groups is 2. The van der Waals surface area contributed by atoms with Gasteiger partial charge in [0.2, 0.25) is 5.91 Å². The lowest BCUT2D eigenvalue weighted by molar-refractivity contribution is -0.131. The van der Waals surface area contributed by atoms with Gasteiger partial charge < -0.3 is 0 Å². The molecule has 6 nitrogen and oxygen atoms in total. The van der Waals surface area contributed by atoms with Gasteiger partial charge in [-0.05, 0) is 49.7 Å². The van der Waals surface area contributed by atoms with E-state index in [0.717, 1.165) is 20.5 Å². The predicted octanol–water partition coefficient (Wildman–Crippen LogP) is 3.67. The van der Waals surface area contributed by atoms with Crippen molar-refractivity contribution in [3.63, 3.8) is 0 Å². The molecule has 0 spiro atoms. The molecule has 1 fully saturated rings. The summed E-state index contributed by atoms with van der Waals surface area (Å²) in [7, 11) is 0. The third-order valence-corrected chi connectivity index (χ3v) is 4.53. The van der Waals surface area contributed by atoms with Crippen molar-refractivity contribution < 1.29 is 14.4 Å². The minimum Gasteiger partial charge on any atom is -0.276 e. The Bertz CT molecular complexity index is 922. The number of hydrogen-bond acceptors (Lipinski definition) is 4. The molecule has 7 heteroatoms. The van der Waals surface area contributed by atoms with Gasteiger partial charge in [0, 0.05) is 10.7 Å². The highest BCUT2D eigenvalue weighted by Gasteiger charge is 2.40. The first-order valence-corrected chi connectivity index (χ1v) is 8.72. The topological polar surface area (TPSA) is 78.8 Å². The molecular weight excluding hydrogens is 398 g/mol. The molecule has 0 aromatic heterocycles. The number of halogens is 1. The van der Waals surface area contributed by atoms with Crippen molar-refractivity contribution in [2.75, 3.05) is 4.90 Å². The molecular formula is C19H16BrN3O3. The summed E-state index contributed by atoms with van der Waals surface area (Å²) in [5.41, 5.74) is 3.09. The van der Waals surface area contributed by atoms with E-state index in [2.05, 4.69) is 26.2 Å². The molecule has 0 aliphatic carbocycles. The number of hydrogen-bond donors (Lipinski definition) is 1. The zero-order valence-electron chi connectivity index (χ0n) is 14.2. The number of nitrogens with one attached hydrogen (secondary N) is 1. The number of carbonyl (C=O) groups is 3. The van der Waals surface area contributed by atoms with Crippen molar-refractivity contribution in [1.82, 2.24) is 5.32 Å². The molecule has 2 aromatic carbocycles. The Balaban J connectivity index is 1.90. The lowest BCUT2D eigenvalue weighted by Crippen LogP contribution is -2.58. The summed E-state index contributed by atoms with van der Waals surface area (Å²) in [5.74, 6) is -2.48. The molecule has 0 saturated carbocycles. The van der Waals surface area contributed by atoms with E-state index >= 15 is 0 Å². The molecule has 4 amide bonds. The number of barbiturate groups is 1. The SMILES string of the molecule is Cc1ccc(N=C[C@H]2C(=O)NC(=O)N(c3ccc(Br)cc3)C2=O)c(C)c1. The van der Waals surface area contributed by atoms with Crippen LogP contribution in [0.1, 0.15) is 11.1 Å². The van der Waals surface area contributed by atoms with Gasteiger partial charge >= 0.3 is 6.03 Å². The summed E-state index contributed by atoms with van der Waals surface area (Å²) in [6.45, 7) is 3.88. The predicted molar refractivity (Wildman–Crippen MR) is 103 cm³/mol. The average Bonchev–Trinajstić information content (AvgIpc) is 2.57. The molecule has 3 rings (SSSR count). The Morgan fingerprint density at radius 1 is 1.08 bits per heavy atom. The summed E-state index contributed by atoms with van der Waals surface area (Å²) >= 11 is 3.30. The Morgan fingerprint density at radius 3 is 2.42 bits per heavy atom. The molecule has 1 N–H and O–H groups in total. The van der Waals surface area contributed by atoms with Crippen molar-refractivity contribution in [2.24, 2.45) is 10.9 Å². The van der Waals surface area contributed by atoms with Gasteiger partial charge in [0.25, 0.3) is 5.91 Å². The molecule has 0 unspecified atom stereocenters. The number of anilines is 1. The number of urea groups is 1. The van der Waals surface area contributed by atoms with E-state index in [4.69, 9.17) is 0 Å². The van der Waals surface area contributed by atoms with Crippen LogP contribution in [0.15, 0.2) is 51.9 Å². The molecule has 26 heavy (non-hydrogen) atoms. The van der Waals surface area contributed by atoms with Crippen LogP contribution >= 0.6 is 15.9 Å². The quantitative estimate of drug-likeness (QED) is 0.615. The smallest absolute Gasteiger partial charge is 0.276 e. The molecule has 1 heterocycles. The fourth-order valence-corrected chi connectivity index (χ4v) is 2.93. The Kier molecular flexibility index (Phi) is 4.99. The third-order valence-electron chi connectivity index (χ3n) is 4.00. The van der Waals surface area contributed by atoms with Crippen LogP contribution in [0, 0.1) is 19.8 Å². The molecule has 1 saturated heterocycles. The first-order chi connectivity index (χ1) is 12.4. The number of aliphatic imine (C=N–C) groups is 1. The Morgan fingerprint density at radius 2 is 1.77 bits per heavy atom. The largest absolute Gasteiger partial charge is 0.335 e. The molecule has 132 valence electrons. The molecule has 1 atom stereocenters. The maximum Gasteiger partial charge on any atom is 0.335 e. The zero-order valence-corrected chi connectivity index (χ0v) is 15.8. The van der Waals surface area contributed by atoms with Crippen LogP contribution in [0.2, 0.25) is 0 Å². The molecule has 0 radical (unpaired) electrons. The number of benzene rings is 2. The second-order valence-electron chi connectivity index (χ2n) is 5.99. The summed E-state index contributed by atoms with van der Waals surface area (Å²) in [6, 6.07) is 11.6. The van der Waals surface area contributed by atoms with Crippen molar-refractivity contribution in [2.45, 2.75) is 13.8 Å². The van der Waals surface area contributed by atoms with Gasteiger partial charge in [-0.25, -0.2) is 9.69 Å². The van der Waals surface area contributed by atoms with Crippen molar-refractivity contribution in [3.05, 3.63) is 58.1 Å². The van der Waals surface area contributed by atoms with Gasteiger partial charge in [0.1, 0.15) is 0 Å². The van der Waals surface area contributed by atoms with Gasteiger partial charge in [0.05, 0.1) is 11.4 Å². The zero-order chi connectivity index (χ0) is 18.8. The second kappa shape index (κ2) is 7.21. The average molecular weight is 414 g/mol. The summed E-state index contributed by atoms with van der Waals surface area (Å²) in [5, 5.41) is 2.21. The summed E-state index contributed by atoms with van der Waals surface area (Å²) in [6.07, 6.45) is 1.29. The lowest BCUT2D eigenvalue weighted by Gasteiger charge is -2.28. The Hall–Kier alpha value is -2.80. The van der Waals surface area contributed by atoms with Crippen LogP contribution in [-0.2, 0) is 9.59 Å². The van der Waals surface area contributed by atoms with E-state index in [1.54, 1.807) is 24.3 Å². The monoisotopic (exact) mass is 413 g/mol. The maximum absolute atomic E-state index is 12.7. The van der Waals surface area contributed by atoms with Gasteiger partial charge in [0.15, 0.2) is 5.92 Å². The van der Waals surface area contributed by atoms with E-state index in [1.165, 1.54) is 6.21 Å². The standard InChI is InChI=1S/C19H16BrN3O3/c1-11-3-8-16(12(2)9-11)21-10-15-17(24)22-19(26)23(18(15)25)14-6-4-13(20)5-7-14/h3-10,15H,1-2H3,(H,22,24,26)/t15-/m0/s1.